The molecule has 2 saturated heterocycles. The van der Waals surface area contributed by atoms with Crippen LogP contribution in [0.15, 0.2) is 0 Å². The third-order valence-electron chi connectivity index (χ3n) is 1.44. The van der Waals surface area contributed by atoms with Crippen molar-refractivity contribution in [3.05, 3.63) is 0 Å². The lowest BCUT2D eigenvalue weighted by atomic mass is 10.9. The van der Waals surface area contributed by atoms with E-state index in [1.165, 1.54) is 0 Å². The third-order valence-corrected chi connectivity index (χ3v) is 11.5. The van der Waals surface area contributed by atoms with Crippen LogP contribution in [0, 0.1) is 0 Å². The number of hydrogen-bond acceptors (Lipinski definition) is 8. The maximum absolute atomic E-state index is 4.47. The monoisotopic (exact) mass is 326 g/mol. The van der Waals surface area contributed by atoms with Gasteiger partial charge < -0.3 is 0 Å². The minimum Gasteiger partial charge on any atom is -0.157 e. The second-order valence-electron chi connectivity index (χ2n) is 2.43. The van der Waals surface area contributed by atoms with E-state index in [2.05, 4.69) is 50.5 Å². The minimum atomic E-state index is 0.285. The van der Waals surface area contributed by atoms with E-state index in [9.17, 15) is 0 Å². The van der Waals surface area contributed by atoms with E-state index in [1.807, 2.05) is 47.8 Å². The molecule has 2 heterocycles. The molecule has 13 heavy (non-hydrogen) atoms. The van der Waals surface area contributed by atoms with Gasteiger partial charge in [0.05, 0.1) is 0 Å². The summed E-state index contributed by atoms with van der Waals surface area (Å²) in [5.74, 6) is 0. The molecule has 4 unspecified atom stereocenters. The van der Waals surface area contributed by atoms with Gasteiger partial charge in [-0.05, 0) is 0 Å². The van der Waals surface area contributed by atoms with E-state index < -0.39 is 0 Å². The zero-order valence-corrected chi connectivity index (χ0v) is 13.0. The zero-order chi connectivity index (χ0) is 9.64. The molecule has 2 rings (SSSR count). The predicted octanol–water partition coefficient (Wildman–Crippen LogP) is 3.45. The minimum absolute atomic E-state index is 0.285. The lowest BCUT2D eigenvalue weighted by molar-refractivity contribution is -0.266. The summed E-state index contributed by atoms with van der Waals surface area (Å²) in [5, 5.41) is 0. The van der Waals surface area contributed by atoms with Crippen molar-refractivity contribution in [2.45, 2.75) is 18.3 Å². The first-order valence-corrected chi connectivity index (χ1v) is 8.78. The molecule has 4 atom stereocenters. The van der Waals surface area contributed by atoms with Crippen molar-refractivity contribution in [3.8, 4) is 0 Å². The molecule has 2 aliphatic heterocycles. The lowest BCUT2D eigenvalue weighted by Gasteiger charge is -2.15. The maximum Gasteiger partial charge on any atom is 0.132 e. The molecule has 0 amide bonds. The van der Waals surface area contributed by atoms with Crippen molar-refractivity contribution in [2.75, 3.05) is 0 Å². The van der Waals surface area contributed by atoms with E-state index in [0.29, 0.717) is 0 Å². The molecule has 0 N–H and O–H groups in total. The summed E-state index contributed by atoms with van der Waals surface area (Å²) in [6.45, 7) is 0. The Morgan fingerprint density at radius 3 is 1.08 bits per heavy atom. The molecule has 2 aliphatic rings. The van der Waals surface area contributed by atoms with Gasteiger partial charge >= 0.3 is 0 Å². The van der Waals surface area contributed by atoms with Crippen LogP contribution < -0.4 is 0 Å². The van der Waals surface area contributed by atoms with Crippen LogP contribution in [0.3, 0.4) is 0 Å². The first-order valence-electron chi connectivity index (χ1n) is 3.37. The van der Waals surface area contributed by atoms with Gasteiger partial charge in [-0.1, -0.05) is 2.10 Å². The Bertz CT molecular complexity index is 165. The van der Waals surface area contributed by atoms with Gasteiger partial charge in [-0.2, -0.15) is 50.5 Å². The van der Waals surface area contributed by atoms with Crippen LogP contribution >= 0.6 is 98.3 Å². The number of quaternary nitrogens is 1. The van der Waals surface area contributed by atoms with Gasteiger partial charge in [0.2, 0.25) is 0 Å². The largest absolute Gasteiger partial charge is 0.157 e. The Morgan fingerprint density at radius 1 is 0.615 bits per heavy atom. The number of rotatable bonds is 0. The smallest absolute Gasteiger partial charge is 0.132 e. The normalized spacial score (nSPS) is 56.3. The molecule has 76 valence electrons. The van der Waals surface area contributed by atoms with Crippen LogP contribution in [0.25, 0.3) is 0 Å². The Labute approximate surface area is 117 Å². The first kappa shape index (κ1) is 12.2. The van der Waals surface area contributed by atoms with E-state index in [-0.39, 0.29) is 18.3 Å². The van der Waals surface area contributed by atoms with Crippen molar-refractivity contribution in [2.24, 2.45) is 0 Å². The van der Waals surface area contributed by atoms with Gasteiger partial charge in [-0.15, -0.1) is 0 Å². The van der Waals surface area contributed by atoms with Crippen LogP contribution in [0.1, 0.15) is 0 Å². The van der Waals surface area contributed by atoms with Gasteiger partial charge in [-0.25, -0.2) is 0 Å². The van der Waals surface area contributed by atoms with Gasteiger partial charge in [0.1, 0.15) is 66.1 Å². The van der Waals surface area contributed by atoms with E-state index in [1.54, 1.807) is 0 Å². The number of nitrogens with zero attached hydrogens (tertiary/aromatic N) is 1. The van der Waals surface area contributed by atoms with Crippen molar-refractivity contribution < 1.29 is 2.10 Å². The number of hydrogen-bond donors (Lipinski definition) is 4. The summed E-state index contributed by atoms with van der Waals surface area (Å²) in [7, 11) is 0. The van der Waals surface area contributed by atoms with Gasteiger partial charge in [0, 0.05) is 0 Å². The Balaban J connectivity index is 2.08. The van der Waals surface area contributed by atoms with Crippen LogP contribution in [0.4, 0.5) is 0 Å². The standard InChI is InChI=1S/C4H7NS8/c6-1-2(7)11-5(10-1)12-3(8)4(9)13-5/h1-4H,(H3-,6,7,8,9)/p+1. The SMILES string of the molecule is SC1S[N+]2(SC1S)SC(S)C(S)S2. The third kappa shape index (κ3) is 2.54. The molecule has 1 spiro atoms. The highest BCUT2D eigenvalue weighted by Crippen LogP contribution is 2.69. The fourth-order valence-electron chi connectivity index (χ4n) is 0.886. The molecule has 0 aromatic carbocycles. The summed E-state index contributed by atoms with van der Waals surface area (Å²) in [6.07, 6.45) is 0. The van der Waals surface area contributed by atoms with Crippen LogP contribution in [-0.2, 0) is 0 Å². The van der Waals surface area contributed by atoms with Crippen molar-refractivity contribution in [3.63, 3.8) is 0 Å². The van der Waals surface area contributed by atoms with Gasteiger partial charge in [-0.3, -0.25) is 0 Å². The highest BCUT2D eigenvalue weighted by atomic mass is 32.4. The zero-order valence-electron chi connectivity index (χ0n) is 6.18. The topological polar surface area (TPSA) is 0 Å². The fourth-order valence-corrected chi connectivity index (χ4v) is 12.1. The van der Waals surface area contributed by atoms with Crippen molar-refractivity contribution in [1.29, 1.82) is 0 Å². The van der Waals surface area contributed by atoms with Crippen LogP contribution in [0.2, 0.25) is 0 Å². The Hall–Kier alpha value is 2.76. The average molecular weight is 327 g/mol. The molecule has 0 saturated carbocycles. The molecule has 0 radical (unpaired) electrons. The molecule has 0 aliphatic carbocycles. The Kier molecular flexibility index (Phi) is 4.29. The quantitative estimate of drug-likeness (QED) is 0.306. The summed E-state index contributed by atoms with van der Waals surface area (Å²) >= 11 is 25.1. The summed E-state index contributed by atoms with van der Waals surface area (Å²) in [5.41, 5.74) is 0. The molecule has 0 aromatic heterocycles. The molecular formula is C4H8NS8+. The van der Waals surface area contributed by atoms with Crippen molar-refractivity contribution >= 4 is 98.3 Å². The van der Waals surface area contributed by atoms with Crippen LogP contribution in [0.5, 0.6) is 0 Å². The number of thiol groups is 4. The molecule has 0 aromatic rings. The summed E-state index contributed by atoms with van der Waals surface area (Å²) < 4.78 is 1.95. The van der Waals surface area contributed by atoms with E-state index in [0.717, 1.165) is 2.10 Å². The highest BCUT2D eigenvalue weighted by Gasteiger charge is 2.58. The maximum atomic E-state index is 4.47. The van der Waals surface area contributed by atoms with Crippen molar-refractivity contribution in [1.82, 2.24) is 0 Å². The molecular weight excluding hydrogens is 319 g/mol. The van der Waals surface area contributed by atoms with E-state index >= 15 is 0 Å². The second kappa shape index (κ2) is 4.56. The van der Waals surface area contributed by atoms with Gasteiger partial charge in [0.15, 0.2) is 0 Å². The second-order valence-corrected chi connectivity index (χ2v) is 12.5. The van der Waals surface area contributed by atoms with E-state index in [4.69, 9.17) is 0 Å². The molecule has 2 fully saturated rings. The molecule has 9 heteroatoms. The Morgan fingerprint density at radius 2 is 0.846 bits per heavy atom. The van der Waals surface area contributed by atoms with Crippen LogP contribution in [-0.4, -0.2) is 20.4 Å². The highest BCUT2D eigenvalue weighted by molar-refractivity contribution is 8.39. The predicted molar refractivity (Wildman–Crippen MR) is 81.7 cm³/mol. The average Bonchev–Trinajstić information content (AvgIpc) is 2.39. The lowest BCUT2D eigenvalue weighted by Crippen LogP contribution is -2.07. The van der Waals surface area contributed by atoms with Gasteiger partial charge in [0.25, 0.3) is 0 Å². The molecule has 1 nitrogen and oxygen atoms in total. The molecule has 0 bridgehead atoms. The summed E-state index contributed by atoms with van der Waals surface area (Å²) in [4.78, 5) is 0. The summed E-state index contributed by atoms with van der Waals surface area (Å²) in [6, 6.07) is 0. The fraction of sp³-hybridized carbons (Fsp3) is 1.00. The first-order chi connectivity index (χ1) is 6.02.